The van der Waals surface area contributed by atoms with Crippen LogP contribution in [0.5, 0.6) is 0 Å². The molecule has 1 aliphatic carbocycles. The summed E-state index contributed by atoms with van der Waals surface area (Å²) < 4.78 is 23.4. The Morgan fingerprint density at radius 1 is 1.04 bits per heavy atom. The third-order valence-corrected chi connectivity index (χ3v) is 8.51. The first-order chi connectivity index (χ1) is 13.1. The SMILES string of the molecule is O=S1(=O)CCC(CN=C(NCC2CN3CCN2CC3)NC2CCCCC2)C1. The molecular formula is C19H35N5O2S. The Balaban J connectivity index is 1.34. The predicted octanol–water partition coefficient (Wildman–Crippen LogP) is 0.289. The van der Waals surface area contributed by atoms with E-state index in [-0.39, 0.29) is 5.92 Å². The summed E-state index contributed by atoms with van der Waals surface area (Å²) >= 11 is 0. The van der Waals surface area contributed by atoms with Crippen molar-refractivity contribution in [1.82, 2.24) is 20.4 Å². The van der Waals surface area contributed by atoms with Crippen molar-refractivity contribution in [2.75, 3.05) is 57.3 Å². The number of rotatable bonds is 5. The molecule has 2 N–H and O–H groups in total. The summed E-state index contributed by atoms with van der Waals surface area (Å²) in [7, 11) is -2.83. The van der Waals surface area contributed by atoms with Gasteiger partial charge >= 0.3 is 0 Å². The van der Waals surface area contributed by atoms with E-state index in [9.17, 15) is 8.42 Å². The highest BCUT2D eigenvalue weighted by atomic mass is 32.2. The van der Waals surface area contributed by atoms with E-state index in [1.54, 1.807) is 0 Å². The third kappa shape index (κ3) is 5.35. The van der Waals surface area contributed by atoms with E-state index < -0.39 is 9.84 Å². The molecule has 0 amide bonds. The number of hydrogen-bond acceptors (Lipinski definition) is 5. The molecule has 7 nitrogen and oxygen atoms in total. The third-order valence-electron chi connectivity index (χ3n) is 6.68. The van der Waals surface area contributed by atoms with E-state index in [1.807, 2.05) is 0 Å². The average molecular weight is 398 g/mol. The van der Waals surface area contributed by atoms with Crippen molar-refractivity contribution in [2.24, 2.45) is 10.9 Å². The predicted molar refractivity (Wildman–Crippen MR) is 109 cm³/mol. The maximum absolute atomic E-state index is 11.7. The molecule has 0 aromatic heterocycles. The van der Waals surface area contributed by atoms with Gasteiger partial charge in [0.1, 0.15) is 0 Å². The number of sulfone groups is 1. The summed E-state index contributed by atoms with van der Waals surface area (Å²) in [6.45, 7) is 7.43. The van der Waals surface area contributed by atoms with E-state index in [0.29, 0.717) is 30.1 Å². The van der Waals surface area contributed by atoms with Crippen LogP contribution >= 0.6 is 0 Å². The number of nitrogens with one attached hydrogen (secondary N) is 2. The van der Waals surface area contributed by atoms with Crippen molar-refractivity contribution < 1.29 is 8.42 Å². The lowest BCUT2D eigenvalue weighted by Gasteiger charge is -2.47. The minimum absolute atomic E-state index is 0.181. The van der Waals surface area contributed by atoms with Crippen molar-refractivity contribution in [3.8, 4) is 0 Å². The summed E-state index contributed by atoms with van der Waals surface area (Å²) in [4.78, 5) is 9.96. The molecule has 0 aromatic carbocycles. The van der Waals surface area contributed by atoms with Crippen molar-refractivity contribution in [3.63, 3.8) is 0 Å². The highest BCUT2D eigenvalue weighted by Crippen LogP contribution is 2.20. The van der Waals surface area contributed by atoms with Crippen molar-refractivity contribution in [3.05, 3.63) is 0 Å². The van der Waals surface area contributed by atoms with Crippen LogP contribution in [0.4, 0.5) is 0 Å². The molecule has 5 aliphatic rings. The van der Waals surface area contributed by atoms with E-state index in [0.717, 1.165) is 25.5 Å². The molecule has 2 bridgehead atoms. The first-order valence-corrected chi connectivity index (χ1v) is 12.6. The zero-order valence-electron chi connectivity index (χ0n) is 16.4. The Labute approximate surface area is 163 Å². The molecule has 2 atom stereocenters. The second-order valence-electron chi connectivity index (χ2n) is 8.81. The summed E-state index contributed by atoms with van der Waals surface area (Å²) in [6, 6.07) is 1.06. The van der Waals surface area contributed by atoms with E-state index in [2.05, 4.69) is 20.4 Å². The van der Waals surface area contributed by atoms with Crippen LogP contribution in [0.3, 0.4) is 0 Å². The minimum Gasteiger partial charge on any atom is -0.355 e. The molecule has 0 aromatic rings. The normalized spacial score (nSPS) is 36.7. The molecule has 0 spiro atoms. The quantitative estimate of drug-likeness (QED) is 0.513. The largest absolute Gasteiger partial charge is 0.355 e. The van der Waals surface area contributed by atoms with Crippen LogP contribution in [0.15, 0.2) is 4.99 Å². The zero-order valence-corrected chi connectivity index (χ0v) is 17.2. The minimum atomic E-state index is -2.83. The fraction of sp³-hybridized carbons (Fsp3) is 0.947. The van der Waals surface area contributed by atoms with Crippen LogP contribution in [-0.4, -0.2) is 93.6 Å². The van der Waals surface area contributed by atoms with Gasteiger partial charge in [0.05, 0.1) is 11.5 Å². The highest BCUT2D eigenvalue weighted by Gasteiger charge is 2.32. The van der Waals surface area contributed by atoms with Gasteiger partial charge in [-0.15, -0.1) is 0 Å². The molecule has 154 valence electrons. The van der Waals surface area contributed by atoms with Crippen molar-refractivity contribution >= 4 is 15.8 Å². The Morgan fingerprint density at radius 2 is 1.81 bits per heavy atom. The maximum atomic E-state index is 11.7. The molecule has 5 fully saturated rings. The summed E-state index contributed by atoms with van der Waals surface area (Å²) in [5, 5.41) is 7.23. The number of aliphatic imine (C=N–C) groups is 1. The number of hydrogen-bond donors (Lipinski definition) is 2. The molecule has 5 rings (SSSR count). The lowest BCUT2D eigenvalue weighted by Crippen LogP contribution is -2.64. The van der Waals surface area contributed by atoms with Gasteiger partial charge in [-0.1, -0.05) is 19.3 Å². The molecule has 27 heavy (non-hydrogen) atoms. The molecular weight excluding hydrogens is 362 g/mol. The Bertz CT molecular complexity index is 624. The lowest BCUT2D eigenvalue weighted by atomic mass is 9.96. The molecule has 4 aliphatic heterocycles. The molecule has 8 heteroatoms. The van der Waals surface area contributed by atoms with Crippen LogP contribution < -0.4 is 10.6 Å². The topological polar surface area (TPSA) is 77.0 Å². The molecule has 2 unspecified atom stereocenters. The fourth-order valence-electron chi connectivity index (χ4n) is 4.96. The van der Waals surface area contributed by atoms with Gasteiger partial charge in [0.15, 0.2) is 15.8 Å². The maximum Gasteiger partial charge on any atom is 0.191 e. The summed E-state index contributed by atoms with van der Waals surface area (Å²) in [5.41, 5.74) is 0. The second-order valence-corrected chi connectivity index (χ2v) is 11.0. The number of nitrogens with zero attached hydrogens (tertiary/aromatic N) is 3. The first-order valence-electron chi connectivity index (χ1n) is 10.8. The van der Waals surface area contributed by atoms with Crippen LogP contribution in [0.2, 0.25) is 0 Å². The second kappa shape index (κ2) is 8.66. The van der Waals surface area contributed by atoms with Gasteiger partial charge in [-0.3, -0.25) is 14.8 Å². The van der Waals surface area contributed by atoms with Gasteiger partial charge in [0.2, 0.25) is 0 Å². The zero-order chi connectivity index (χ0) is 18.7. The van der Waals surface area contributed by atoms with Gasteiger partial charge in [-0.2, -0.15) is 0 Å². The van der Waals surface area contributed by atoms with Crippen LogP contribution in [0.1, 0.15) is 38.5 Å². The molecule has 4 saturated heterocycles. The Kier molecular flexibility index (Phi) is 6.24. The Hall–Kier alpha value is -0.860. The van der Waals surface area contributed by atoms with Gasteiger partial charge < -0.3 is 10.6 Å². The molecule has 1 saturated carbocycles. The standard InChI is InChI=1S/C19H35N5O2S/c25-27(26)11-6-16(15-27)12-20-19(22-17-4-2-1-3-5-17)21-13-18-14-23-7-9-24(18)10-8-23/h16-18H,1-15H2,(H2,20,21,22). The van der Waals surface area contributed by atoms with Crippen LogP contribution in [0, 0.1) is 5.92 Å². The summed E-state index contributed by atoms with van der Waals surface area (Å²) in [6.07, 6.45) is 7.09. The van der Waals surface area contributed by atoms with Gasteiger partial charge in [-0.25, -0.2) is 8.42 Å². The van der Waals surface area contributed by atoms with Crippen molar-refractivity contribution in [1.29, 1.82) is 0 Å². The Morgan fingerprint density at radius 3 is 2.44 bits per heavy atom. The highest BCUT2D eigenvalue weighted by molar-refractivity contribution is 7.91. The number of guanidine groups is 1. The average Bonchev–Trinajstić information content (AvgIpc) is 3.04. The van der Waals surface area contributed by atoms with E-state index in [1.165, 1.54) is 58.3 Å². The first kappa shape index (κ1) is 19.5. The van der Waals surface area contributed by atoms with E-state index >= 15 is 0 Å². The number of piperazine rings is 3. The van der Waals surface area contributed by atoms with E-state index in [4.69, 9.17) is 4.99 Å². The molecule has 0 radical (unpaired) electrons. The fourth-order valence-corrected chi connectivity index (χ4v) is 6.81. The van der Waals surface area contributed by atoms with Crippen molar-refractivity contribution in [2.45, 2.75) is 50.6 Å². The number of fused-ring (bicyclic) bond motifs is 3. The smallest absolute Gasteiger partial charge is 0.191 e. The monoisotopic (exact) mass is 397 g/mol. The summed E-state index contributed by atoms with van der Waals surface area (Å²) in [5.74, 6) is 1.71. The molecule has 4 heterocycles. The van der Waals surface area contributed by atoms with Crippen LogP contribution in [0.25, 0.3) is 0 Å². The van der Waals surface area contributed by atoms with Gasteiger partial charge in [0, 0.05) is 57.9 Å². The lowest BCUT2D eigenvalue weighted by molar-refractivity contribution is 0.0154. The van der Waals surface area contributed by atoms with Gasteiger partial charge in [-0.05, 0) is 25.2 Å². The van der Waals surface area contributed by atoms with Crippen LogP contribution in [-0.2, 0) is 9.84 Å². The van der Waals surface area contributed by atoms with Gasteiger partial charge in [0.25, 0.3) is 0 Å².